The zero-order valence-corrected chi connectivity index (χ0v) is 13.3. The molecule has 2 aromatic rings. The van der Waals surface area contributed by atoms with Crippen LogP contribution in [0.2, 0.25) is 0 Å². The fraction of sp³-hybridized carbons (Fsp3) is 0.250. The average Bonchev–Trinajstić information content (AvgIpc) is 2.52. The molecule has 22 heavy (non-hydrogen) atoms. The van der Waals surface area contributed by atoms with Crippen molar-refractivity contribution in [3.63, 3.8) is 0 Å². The van der Waals surface area contributed by atoms with Gasteiger partial charge in [0, 0.05) is 6.54 Å². The van der Waals surface area contributed by atoms with Gasteiger partial charge in [-0.25, -0.2) is 17.5 Å². The van der Waals surface area contributed by atoms with E-state index in [1.54, 1.807) is 31.4 Å². The van der Waals surface area contributed by atoms with E-state index >= 15 is 0 Å². The lowest BCUT2D eigenvalue weighted by Gasteiger charge is -2.11. The Morgan fingerprint density at radius 1 is 1.18 bits per heavy atom. The molecule has 0 fully saturated rings. The van der Waals surface area contributed by atoms with Gasteiger partial charge in [-0.05, 0) is 47.9 Å². The molecular formula is C16H18FNO3S. The minimum atomic E-state index is -3.66. The Balaban J connectivity index is 2.20. The number of nitrogens with one attached hydrogen (secondary N) is 1. The third kappa shape index (κ3) is 3.84. The summed E-state index contributed by atoms with van der Waals surface area (Å²) in [6.45, 7) is 1.96. The van der Waals surface area contributed by atoms with Crippen LogP contribution in [-0.4, -0.2) is 15.5 Å². The number of hydrogen-bond donors (Lipinski definition) is 1. The molecular weight excluding hydrogens is 305 g/mol. The smallest absolute Gasteiger partial charge is 0.240 e. The Labute approximate surface area is 130 Å². The summed E-state index contributed by atoms with van der Waals surface area (Å²) < 4.78 is 45.4. The monoisotopic (exact) mass is 323 g/mol. The Morgan fingerprint density at radius 2 is 1.95 bits per heavy atom. The van der Waals surface area contributed by atoms with Gasteiger partial charge in [0.2, 0.25) is 10.0 Å². The number of halogens is 1. The van der Waals surface area contributed by atoms with Crippen molar-refractivity contribution in [2.75, 3.05) is 7.11 Å². The number of methoxy groups -OCH3 is 1. The maximum Gasteiger partial charge on any atom is 0.240 e. The molecule has 0 aliphatic rings. The van der Waals surface area contributed by atoms with E-state index in [4.69, 9.17) is 4.74 Å². The van der Waals surface area contributed by atoms with E-state index in [1.165, 1.54) is 18.2 Å². The van der Waals surface area contributed by atoms with Crippen LogP contribution in [0.1, 0.15) is 18.1 Å². The lowest BCUT2D eigenvalue weighted by Crippen LogP contribution is -2.23. The number of benzene rings is 2. The van der Waals surface area contributed by atoms with Crippen LogP contribution in [0.3, 0.4) is 0 Å². The van der Waals surface area contributed by atoms with Gasteiger partial charge in [-0.3, -0.25) is 0 Å². The summed E-state index contributed by atoms with van der Waals surface area (Å²) in [5, 5.41) is 0. The van der Waals surface area contributed by atoms with Gasteiger partial charge in [0.05, 0.1) is 12.0 Å². The van der Waals surface area contributed by atoms with E-state index in [-0.39, 0.29) is 11.4 Å². The highest BCUT2D eigenvalue weighted by atomic mass is 32.2. The molecule has 0 aliphatic heterocycles. The zero-order valence-electron chi connectivity index (χ0n) is 12.5. The summed E-state index contributed by atoms with van der Waals surface area (Å²) in [4.78, 5) is 0.168. The van der Waals surface area contributed by atoms with Gasteiger partial charge in [-0.15, -0.1) is 0 Å². The first-order chi connectivity index (χ1) is 10.5. The normalized spacial score (nSPS) is 11.4. The third-order valence-electron chi connectivity index (χ3n) is 3.30. The van der Waals surface area contributed by atoms with Gasteiger partial charge in [0.25, 0.3) is 0 Å². The maximum atomic E-state index is 13.1. The standard InChI is InChI=1S/C16H18FNO3S/c1-3-13-10-15(7-8-16(13)21-2)22(19,20)18-11-12-5-4-6-14(17)9-12/h4-10,18H,3,11H2,1-2H3. The molecule has 2 rings (SSSR count). The lowest BCUT2D eigenvalue weighted by atomic mass is 10.1. The van der Waals surface area contributed by atoms with Crippen LogP contribution in [-0.2, 0) is 23.0 Å². The molecule has 0 saturated heterocycles. The number of rotatable bonds is 6. The Hall–Kier alpha value is -1.92. The van der Waals surface area contributed by atoms with Crippen molar-refractivity contribution in [3.8, 4) is 5.75 Å². The predicted molar refractivity (Wildman–Crippen MR) is 82.8 cm³/mol. The molecule has 1 N–H and O–H groups in total. The van der Waals surface area contributed by atoms with Crippen LogP contribution >= 0.6 is 0 Å². The number of hydrogen-bond acceptors (Lipinski definition) is 3. The summed E-state index contributed by atoms with van der Waals surface area (Å²) >= 11 is 0. The van der Waals surface area contributed by atoms with Crippen LogP contribution in [0.4, 0.5) is 4.39 Å². The first-order valence-electron chi connectivity index (χ1n) is 6.87. The first-order valence-corrected chi connectivity index (χ1v) is 8.35. The SMILES string of the molecule is CCc1cc(S(=O)(=O)NCc2cccc(F)c2)ccc1OC. The van der Waals surface area contributed by atoms with Crippen LogP contribution in [0.5, 0.6) is 5.75 Å². The number of ether oxygens (including phenoxy) is 1. The van der Waals surface area contributed by atoms with Gasteiger partial charge in [0.15, 0.2) is 0 Å². The van der Waals surface area contributed by atoms with Crippen molar-refractivity contribution >= 4 is 10.0 Å². The second kappa shape index (κ2) is 6.89. The summed E-state index contributed by atoms with van der Waals surface area (Å²) in [6, 6.07) is 10.5. The lowest BCUT2D eigenvalue weighted by molar-refractivity contribution is 0.409. The van der Waals surface area contributed by atoms with E-state index in [0.29, 0.717) is 17.7 Å². The van der Waals surface area contributed by atoms with Crippen molar-refractivity contribution in [2.24, 2.45) is 0 Å². The molecule has 0 atom stereocenters. The van der Waals surface area contributed by atoms with Gasteiger partial charge in [0.1, 0.15) is 11.6 Å². The van der Waals surface area contributed by atoms with E-state index in [2.05, 4.69) is 4.72 Å². The Morgan fingerprint density at radius 3 is 2.59 bits per heavy atom. The van der Waals surface area contributed by atoms with Gasteiger partial charge in [-0.2, -0.15) is 0 Å². The van der Waals surface area contributed by atoms with Crippen molar-refractivity contribution < 1.29 is 17.5 Å². The molecule has 0 unspecified atom stereocenters. The molecule has 0 aromatic heterocycles. The largest absolute Gasteiger partial charge is 0.496 e. The molecule has 0 aliphatic carbocycles. The number of aryl methyl sites for hydroxylation is 1. The summed E-state index contributed by atoms with van der Waals surface area (Å²) in [7, 11) is -2.11. The average molecular weight is 323 g/mol. The predicted octanol–water partition coefficient (Wildman–Crippen LogP) is 2.88. The van der Waals surface area contributed by atoms with E-state index < -0.39 is 15.8 Å². The molecule has 6 heteroatoms. The van der Waals surface area contributed by atoms with E-state index in [0.717, 1.165) is 5.56 Å². The molecule has 0 radical (unpaired) electrons. The van der Waals surface area contributed by atoms with E-state index in [9.17, 15) is 12.8 Å². The van der Waals surface area contributed by atoms with Crippen LogP contribution < -0.4 is 9.46 Å². The highest BCUT2D eigenvalue weighted by Gasteiger charge is 2.16. The minimum absolute atomic E-state index is 0.0353. The van der Waals surface area contributed by atoms with Crippen molar-refractivity contribution in [1.29, 1.82) is 0 Å². The molecule has 0 spiro atoms. The fourth-order valence-electron chi connectivity index (χ4n) is 2.11. The molecule has 0 heterocycles. The molecule has 0 saturated carbocycles. The summed E-state index contributed by atoms with van der Waals surface area (Å²) in [5.74, 6) is 0.265. The van der Waals surface area contributed by atoms with Gasteiger partial charge < -0.3 is 4.74 Å². The van der Waals surface area contributed by atoms with Crippen molar-refractivity contribution in [3.05, 3.63) is 59.4 Å². The van der Waals surface area contributed by atoms with Crippen LogP contribution in [0.25, 0.3) is 0 Å². The zero-order chi connectivity index (χ0) is 16.2. The maximum absolute atomic E-state index is 13.1. The topological polar surface area (TPSA) is 55.4 Å². The first kappa shape index (κ1) is 16.5. The molecule has 118 valence electrons. The Bertz CT molecular complexity index is 760. The second-order valence-corrected chi connectivity index (χ2v) is 6.55. The van der Waals surface area contributed by atoms with Crippen molar-refractivity contribution in [2.45, 2.75) is 24.8 Å². The minimum Gasteiger partial charge on any atom is -0.496 e. The van der Waals surface area contributed by atoms with Crippen LogP contribution in [0.15, 0.2) is 47.4 Å². The highest BCUT2D eigenvalue weighted by molar-refractivity contribution is 7.89. The molecule has 4 nitrogen and oxygen atoms in total. The fourth-order valence-corrected chi connectivity index (χ4v) is 3.17. The molecule has 2 aromatic carbocycles. The Kier molecular flexibility index (Phi) is 5.15. The quantitative estimate of drug-likeness (QED) is 0.889. The summed E-state index contributed by atoms with van der Waals surface area (Å²) in [6.07, 6.45) is 0.663. The van der Waals surface area contributed by atoms with E-state index in [1.807, 2.05) is 6.92 Å². The van der Waals surface area contributed by atoms with Crippen molar-refractivity contribution in [1.82, 2.24) is 4.72 Å². The second-order valence-electron chi connectivity index (χ2n) is 4.78. The highest BCUT2D eigenvalue weighted by Crippen LogP contribution is 2.23. The van der Waals surface area contributed by atoms with Gasteiger partial charge >= 0.3 is 0 Å². The summed E-state index contributed by atoms with van der Waals surface area (Å²) in [5.41, 5.74) is 1.38. The third-order valence-corrected chi connectivity index (χ3v) is 4.70. The van der Waals surface area contributed by atoms with Crippen LogP contribution in [0, 0.1) is 5.82 Å². The number of sulfonamides is 1. The molecule has 0 amide bonds. The molecule has 0 bridgehead atoms. The van der Waals surface area contributed by atoms with Gasteiger partial charge in [-0.1, -0.05) is 19.1 Å².